The number of nitrogens with zero attached hydrogens (tertiary/aromatic N) is 5. The van der Waals surface area contributed by atoms with Gasteiger partial charge in [-0.25, -0.2) is 9.50 Å². The molecule has 3 aromatic heterocycles. The lowest BCUT2D eigenvalue weighted by Gasteiger charge is -2.36. The van der Waals surface area contributed by atoms with Crippen molar-refractivity contribution in [2.75, 3.05) is 13.1 Å². The van der Waals surface area contributed by atoms with Gasteiger partial charge >= 0.3 is 0 Å². The summed E-state index contributed by atoms with van der Waals surface area (Å²) in [6, 6.07) is 8.48. The van der Waals surface area contributed by atoms with Crippen LogP contribution >= 0.6 is 0 Å². The summed E-state index contributed by atoms with van der Waals surface area (Å²) in [6.07, 6.45) is 4.53. The number of aliphatic hydroxyl groups is 1. The third kappa shape index (κ3) is 5.82. The van der Waals surface area contributed by atoms with Crippen molar-refractivity contribution in [3.63, 3.8) is 0 Å². The number of fused-ring (bicyclic) bond motifs is 1. The highest BCUT2D eigenvalue weighted by Crippen LogP contribution is 2.15. The number of nitrogens with one attached hydrogen (secondary N) is 1. The smallest absolute Gasteiger partial charge is 0.290 e. The molecule has 0 saturated carbocycles. The van der Waals surface area contributed by atoms with E-state index in [0.717, 1.165) is 0 Å². The van der Waals surface area contributed by atoms with Crippen molar-refractivity contribution in [2.45, 2.75) is 25.0 Å². The van der Waals surface area contributed by atoms with Crippen LogP contribution in [0.4, 0.5) is 0 Å². The van der Waals surface area contributed by atoms with Gasteiger partial charge in [0.05, 0.1) is 18.1 Å². The fourth-order valence-electron chi connectivity index (χ4n) is 3.41. The van der Waals surface area contributed by atoms with Gasteiger partial charge in [0.15, 0.2) is 5.65 Å². The van der Waals surface area contributed by atoms with Crippen LogP contribution in [0.2, 0.25) is 0 Å². The molecule has 4 heterocycles. The Morgan fingerprint density at radius 2 is 2.00 bits per heavy atom. The molecule has 1 aliphatic rings. The zero-order valence-corrected chi connectivity index (χ0v) is 16.5. The summed E-state index contributed by atoms with van der Waals surface area (Å²) < 4.78 is 1.53. The van der Waals surface area contributed by atoms with E-state index in [1.165, 1.54) is 10.8 Å². The summed E-state index contributed by atoms with van der Waals surface area (Å²) in [5.41, 5.74) is 1.77. The zero-order valence-electron chi connectivity index (χ0n) is 16.5. The molecule has 2 atom stereocenters. The van der Waals surface area contributed by atoms with Crippen LogP contribution in [-0.4, -0.2) is 78.2 Å². The average molecular weight is 426 g/mol. The second kappa shape index (κ2) is 10.3. The molecular formula is C20H22N6O5. The maximum absolute atomic E-state index is 12.9. The maximum atomic E-state index is 12.9. The second-order valence-electron chi connectivity index (χ2n) is 6.95. The van der Waals surface area contributed by atoms with E-state index < -0.39 is 6.10 Å². The normalized spacial score (nSPS) is 18.0. The highest BCUT2D eigenvalue weighted by Gasteiger charge is 2.30. The molecule has 0 unspecified atom stereocenters. The number of hydrogen-bond donors (Lipinski definition) is 3. The van der Waals surface area contributed by atoms with Crippen molar-refractivity contribution in [3.8, 4) is 0 Å². The van der Waals surface area contributed by atoms with Crippen molar-refractivity contribution in [1.82, 2.24) is 29.8 Å². The number of carbonyl (C=O) groups is 3. The minimum Gasteiger partial charge on any atom is -0.483 e. The molecule has 1 fully saturated rings. The number of rotatable bonds is 4. The summed E-state index contributed by atoms with van der Waals surface area (Å²) in [5, 5.41) is 24.0. The highest BCUT2D eigenvalue weighted by atomic mass is 16.3. The summed E-state index contributed by atoms with van der Waals surface area (Å²) in [5.74, 6) is -0.408. The van der Waals surface area contributed by atoms with Crippen molar-refractivity contribution in [1.29, 1.82) is 0 Å². The minimum atomic E-state index is -0.701. The Morgan fingerprint density at radius 3 is 2.74 bits per heavy atom. The van der Waals surface area contributed by atoms with Crippen molar-refractivity contribution in [2.24, 2.45) is 0 Å². The van der Waals surface area contributed by atoms with Crippen LogP contribution in [-0.2, 0) is 16.0 Å². The molecular weight excluding hydrogens is 404 g/mol. The van der Waals surface area contributed by atoms with E-state index in [-0.39, 0.29) is 37.3 Å². The molecule has 0 radical (unpaired) electrons. The molecule has 0 aliphatic carbocycles. The number of amides is 2. The Balaban J connectivity index is 0.000000858. The Labute approximate surface area is 177 Å². The summed E-state index contributed by atoms with van der Waals surface area (Å²) >= 11 is 0. The number of aliphatic hydroxyl groups excluding tert-OH is 1. The van der Waals surface area contributed by atoms with Gasteiger partial charge < -0.3 is 20.4 Å². The van der Waals surface area contributed by atoms with Crippen LogP contribution in [0.3, 0.4) is 0 Å². The van der Waals surface area contributed by atoms with Gasteiger partial charge in [0.25, 0.3) is 12.4 Å². The average Bonchev–Trinajstić information content (AvgIpc) is 3.22. The van der Waals surface area contributed by atoms with E-state index in [2.05, 4.69) is 20.4 Å². The van der Waals surface area contributed by atoms with E-state index in [9.17, 15) is 14.7 Å². The van der Waals surface area contributed by atoms with Gasteiger partial charge in [-0.1, -0.05) is 6.07 Å². The van der Waals surface area contributed by atoms with E-state index in [4.69, 9.17) is 9.90 Å². The predicted molar refractivity (Wildman–Crippen MR) is 108 cm³/mol. The molecule has 1 saturated heterocycles. The van der Waals surface area contributed by atoms with E-state index in [1.54, 1.807) is 41.6 Å². The van der Waals surface area contributed by atoms with E-state index >= 15 is 0 Å². The summed E-state index contributed by atoms with van der Waals surface area (Å²) in [7, 11) is 0. The quantitative estimate of drug-likeness (QED) is 0.484. The fourth-order valence-corrected chi connectivity index (χ4v) is 3.41. The molecule has 2 amide bonds. The predicted octanol–water partition coefficient (Wildman–Crippen LogP) is -0.241. The molecule has 4 rings (SSSR count). The zero-order chi connectivity index (χ0) is 22.2. The molecule has 0 bridgehead atoms. The first-order valence-electron chi connectivity index (χ1n) is 9.54. The summed E-state index contributed by atoms with van der Waals surface area (Å²) in [6.45, 7) is 0.306. The van der Waals surface area contributed by atoms with E-state index in [0.29, 0.717) is 29.9 Å². The van der Waals surface area contributed by atoms with Crippen LogP contribution in [0.5, 0.6) is 0 Å². The third-order valence-corrected chi connectivity index (χ3v) is 4.67. The topological polar surface area (TPSA) is 150 Å². The Bertz CT molecular complexity index is 1040. The lowest BCUT2D eigenvalue weighted by atomic mass is 10.0. The lowest BCUT2D eigenvalue weighted by molar-refractivity contribution is -0.123. The Hall–Kier alpha value is -3.86. The van der Waals surface area contributed by atoms with Gasteiger partial charge in [-0.2, -0.15) is 5.10 Å². The van der Waals surface area contributed by atoms with Crippen LogP contribution in [0.1, 0.15) is 22.5 Å². The van der Waals surface area contributed by atoms with Gasteiger partial charge in [-0.3, -0.25) is 19.4 Å². The molecule has 1 aliphatic heterocycles. The summed E-state index contributed by atoms with van der Waals surface area (Å²) in [4.78, 5) is 43.3. The maximum Gasteiger partial charge on any atom is 0.290 e. The number of piperidine rings is 1. The number of β-amino-alcohol motifs (C(OH)–C–C–N with tert-alkyl or cyclic N) is 1. The molecule has 0 spiro atoms. The number of hydrogen-bond acceptors (Lipinski definition) is 7. The van der Waals surface area contributed by atoms with Crippen LogP contribution in [0.25, 0.3) is 5.65 Å². The van der Waals surface area contributed by atoms with Gasteiger partial charge in [-0.15, -0.1) is 0 Å². The Kier molecular flexibility index (Phi) is 7.22. The lowest BCUT2D eigenvalue weighted by Crippen LogP contribution is -2.54. The van der Waals surface area contributed by atoms with Gasteiger partial charge in [0.2, 0.25) is 5.91 Å². The molecule has 0 aromatic carbocycles. The molecule has 3 N–H and O–H groups in total. The highest BCUT2D eigenvalue weighted by molar-refractivity contribution is 5.94. The van der Waals surface area contributed by atoms with Crippen LogP contribution in [0.15, 0.2) is 49.1 Å². The standard InChI is InChI=1S/C19H20N6O3.CH2O2/c26-16-7-15(23-18(27)8-14-3-1-2-6-20-14)10-24(11-16)19(28)13-4-5-17-21-12-22-25(17)9-13;2-1-3/h1-6,9,12,15-16,26H,7-8,10-11H2,(H,23,27);1H,(H,2,3)/t15-,16+;/m0./s1. The SMILES string of the molecule is O=C(Cc1ccccn1)N[C@H]1C[C@@H](O)CN(C(=O)c2ccc3ncnn3c2)C1.O=CO. The van der Waals surface area contributed by atoms with Crippen LogP contribution < -0.4 is 5.32 Å². The molecule has 3 aromatic rings. The van der Waals surface area contributed by atoms with Crippen molar-refractivity contribution < 1.29 is 24.6 Å². The minimum absolute atomic E-state index is 0.157. The van der Waals surface area contributed by atoms with Gasteiger partial charge in [0.1, 0.15) is 6.33 Å². The third-order valence-electron chi connectivity index (χ3n) is 4.67. The number of pyridine rings is 2. The largest absolute Gasteiger partial charge is 0.483 e. The first-order valence-corrected chi connectivity index (χ1v) is 9.54. The van der Waals surface area contributed by atoms with Gasteiger partial charge in [-0.05, 0) is 30.7 Å². The number of carbonyl (C=O) groups excluding carboxylic acids is 2. The second-order valence-corrected chi connectivity index (χ2v) is 6.95. The van der Waals surface area contributed by atoms with Crippen molar-refractivity contribution >= 4 is 23.9 Å². The van der Waals surface area contributed by atoms with Crippen LogP contribution in [0, 0.1) is 0 Å². The van der Waals surface area contributed by atoms with E-state index in [1.807, 2.05) is 6.07 Å². The number of carboxylic acid groups (broad SMARTS) is 1. The fraction of sp³-hybridized carbons (Fsp3) is 0.300. The first kappa shape index (κ1) is 21.8. The molecule has 162 valence electrons. The molecule has 31 heavy (non-hydrogen) atoms. The Morgan fingerprint density at radius 1 is 1.19 bits per heavy atom. The molecule has 11 nitrogen and oxygen atoms in total. The first-order chi connectivity index (χ1) is 15.0. The monoisotopic (exact) mass is 426 g/mol. The molecule has 11 heteroatoms. The van der Waals surface area contributed by atoms with Gasteiger partial charge in [0, 0.05) is 37.2 Å². The number of aromatic nitrogens is 4. The number of likely N-dealkylation sites (tertiary alicyclic amines) is 1. The van der Waals surface area contributed by atoms with Crippen molar-refractivity contribution in [3.05, 3.63) is 60.3 Å².